The van der Waals surface area contributed by atoms with Gasteiger partial charge in [0.25, 0.3) is 0 Å². The first-order chi connectivity index (χ1) is 11.7. The van der Waals surface area contributed by atoms with E-state index in [-0.39, 0.29) is 0 Å². The molecule has 1 aliphatic heterocycles. The Labute approximate surface area is 151 Å². The van der Waals surface area contributed by atoms with E-state index in [9.17, 15) is 0 Å². The molecule has 1 aliphatic rings. The molecule has 0 atom stereocenters. The summed E-state index contributed by atoms with van der Waals surface area (Å²) in [7, 11) is 0. The first-order valence-corrected chi connectivity index (χ1v) is 9.54. The SMILES string of the molecule is NC1CCN(Cc2cc(Cl)c3cncc(-c4cccs4)c3c2)CC1. The smallest absolute Gasteiger partial charge is 0.0503 e. The van der Waals surface area contributed by atoms with Crippen LogP contribution in [-0.4, -0.2) is 29.0 Å². The minimum Gasteiger partial charge on any atom is -0.328 e. The van der Waals surface area contributed by atoms with Crippen molar-refractivity contribution in [3.05, 3.63) is 52.6 Å². The van der Waals surface area contributed by atoms with Crippen LogP contribution >= 0.6 is 22.9 Å². The molecule has 4 rings (SSSR count). The zero-order chi connectivity index (χ0) is 16.5. The van der Waals surface area contributed by atoms with Crippen LogP contribution in [0.25, 0.3) is 21.2 Å². The molecule has 2 aromatic heterocycles. The second-order valence-corrected chi connectivity index (χ2v) is 7.81. The minimum absolute atomic E-state index is 0.359. The number of hydrogen-bond donors (Lipinski definition) is 1. The highest BCUT2D eigenvalue weighted by Crippen LogP contribution is 2.35. The van der Waals surface area contributed by atoms with Gasteiger partial charge in [0.15, 0.2) is 0 Å². The van der Waals surface area contributed by atoms with Crippen molar-refractivity contribution in [3.8, 4) is 10.4 Å². The first-order valence-electron chi connectivity index (χ1n) is 8.28. The Kier molecular flexibility index (Phi) is 4.55. The summed E-state index contributed by atoms with van der Waals surface area (Å²) in [5, 5.41) is 5.08. The van der Waals surface area contributed by atoms with Crippen molar-refractivity contribution in [2.45, 2.75) is 25.4 Å². The summed E-state index contributed by atoms with van der Waals surface area (Å²) in [4.78, 5) is 8.07. The molecular formula is C19H20ClN3S. The predicted molar refractivity (Wildman–Crippen MR) is 103 cm³/mol. The van der Waals surface area contributed by atoms with Gasteiger partial charge in [-0.15, -0.1) is 11.3 Å². The Bertz CT molecular complexity index is 839. The Morgan fingerprint density at radius 2 is 2.04 bits per heavy atom. The number of thiophene rings is 1. The highest BCUT2D eigenvalue weighted by Gasteiger charge is 2.17. The van der Waals surface area contributed by atoms with Crippen molar-refractivity contribution >= 4 is 33.7 Å². The molecule has 0 aliphatic carbocycles. The van der Waals surface area contributed by atoms with E-state index in [0.717, 1.165) is 48.4 Å². The van der Waals surface area contributed by atoms with E-state index in [1.807, 2.05) is 12.4 Å². The molecule has 3 aromatic rings. The molecule has 1 fully saturated rings. The average molecular weight is 358 g/mol. The summed E-state index contributed by atoms with van der Waals surface area (Å²) in [6.07, 6.45) is 5.95. The largest absolute Gasteiger partial charge is 0.328 e. The molecule has 1 saturated heterocycles. The van der Waals surface area contributed by atoms with E-state index in [1.165, 1.54) is 15.8 Å². The van der Waals surface area contributed by atoms with E-state index in [1.54, 1.807) is 11.3 Å². The second-order valence-electron chi connectivity index (χ2n) is 6.45. The van der Waals surface area contributed by atoms with Crippen LogP contribution in [0.15, 0.2) is 42.0 Å². The first kappa shape index (κ1) is 16.0. The van der Waals surface area contributed by atoms with E-state index in [0.29, 0.717) is 6.04 Å². The van der Waals surface area contributed by atoms with Crippen LogP contribution in [0.1, 0.15) is 18.4 Å². The van der Waals surface area contributed by atoms with Crippen molar-refractivity contribution in [3.63, 3.8) is 0 Å². The van der Waals surface area contributed by atoms with Crippen molar-refractivity contribution in [1.82, 2.24) is 9.88 Å². The lowest BCUT2D eigenvalue weighted by Gasteiger charge is -2.30. The van der Waals surface area contributed by atoms with Gasteiger partial charge in [-0.05, 0) is 60.5 Å². The lowest BCUT2D eigenvalue weighted by molar-refractivity contribution is 0.206. The van der Waals surface area contributed by atoms with E-state index < -0.39 is 0 Å². The minimum atomic E-state index is 0.359. The Morgan fingerprint density at radius 1 is 1.21 bits per heavy atom. The number of aromatic nitrogens is 1. The molecular weight excluding hydrogens is 338 g/mol. The highest BCUT2D eigenvalue weighted by atomic mass is 35.5. The molecule has 0 unspecified atom stereocenters. The fraction of sp³-hybridized carbons (Fsp3) is 0.316. The van der Waals surface area contributed by atoms with Crippen molar-refractivity contribution < 1.29 is 0 Å². The van der Waals surface area contributed by atoms with E-state index in [4.69, 9.17) is 17.3 Å². The molecule has 5 heteroatoms. The van der Waals surface area contributed by atoms with Crippen LogP contribution in [0, 0.1) is 0 Å². The molecule has 0 radical (unpaired) electrons. The molecule has 0 spiro atoms. The fourth-order valence-corrected chi connectivity index (χ4v) is 4.41. The third-order valence-corrected chi connectivity index (χ3v) is 5.93. The fourth-order valence-electron chi connectivity index (χ4n) is 3.37. The lowest BCUT2D eigenvalue weighted by atomic mass is 10.0. The summed E-state index contributed by atoms with van der Waals surface area (Å²) in [6, 6.07) is 8.91. The maximum Gasteiger partial charge on any atom is 0.0503 e. The summed E-state index contributed by atoms with van der Waals surface area (Å²) >= 11 is 8.29. The third-order valence-electron chi connectivity index (χ3n) is 4.71. The van der Waals surface area contributed by atoms with E-state index >= 15 is 0 Å². The summed E-state index contributed by atoms with van der Waals surface area (Å²) in [6.45, 7) is 3.05. The van der Waals surface area contributed by atoms with Gasteiger partial charge in [0.1, 0.15) is 0 Å². The third kappa shape index (κ3) is 3.20. The summed E-state index contributed by atoms with van der Waals surface area (Å²) in [5.41, 5.74) is 8.42. The lowest BCUT2D eigenvalue weighted by Crippen LogP contribution is -2.39. The molecule has 0 saturated carbocycles. The number of hydrogen-bond acceptors (Lipinski definition) is 4. The number of benzene rings is 1. The monoisotopic (exact) mass is 357 g/mol. The highest BCUT2D eigenvalue weighted by molar-refractivity contribution is 7.13. The Balaban J connectivity index is 1.71. The Hall–Kier alpha value is -1.46. The predicted octanol–water partition coefficient (Wildman–Crippen LogP) is 4.54. The molecule has 0 bridgehead atoms. The number of nitrogens with two attached hydrogens (primary N) is 1. The van der Waals surface area contributed by atoms with E-state index in [2.05, 4.69) is 39.5 Å². The topological polar surface area (TPSA) is 42.1 Å². The summed E-state index contributed by atoms with van der Waals surface area (Å²) in [5.74, 6) is 0. The molecule has 2 N–H and O–H groups in total. The number of pyridine rings is 1. The van der Waals surface area contributed by atoms with Crippen LogP contribution in [0.5, 0.6) is 0 Å². The van der Waals surface area contributed by atoms with Gasteiger partial charge in [0, 0.05) is 40.8 Å². The van der Waals surface area contributed by atoms with Crippen LogP contribution in [-0.2, 0) is 6.54 Å². The van der Waals surface area contributed by atoms with Gasteiger partial charge in [0.2, 0.25) is 0 Å². The van der Waals surface area contributed by atoms with Gasteiger partial charge in [0.05, 0.1) is 5.02 Å². The second kappa shape index (κ2) is 6.81. The van der Waals surface area contributed by atoms with Crippen molar-refractivity contribution in [2.24, 2.45) is 5.73 Å². The van der Waals surface area contributed by atoms with Crippen molar-refractivity contribution in [1.29, 1.82) is 0 Å². The number of piperidine rings is 1. The summed E-state index contributed by atoms with van der Waals surface area (Å²) < 4.78 is 0. The van der Waals surface area contributed by atoms with Crippen molar-refractivity contribution in [2.75, 3.05) is 13.1 Å². The number of fused-ring (bicyclic) bond motifs is 1. The average Bonchev–Trinajstić information content (AvgIpc) is 3.11. The van der Waals surface area contributed by atoms with Gasteiger partial charge in [-0.2, -0.15) is 0 Å². The van der Waals surface area contributed by atoms with Crippen LogP contribution in [0.2, 0.25) is 5.02 Å². The van der Waals surface area contributed by atoms with Crippen LogP contribution in [0.4, 0.5) is 0 Å². The molecule has 1 aromatic carbocycles. The molecule has 24 heavy (non-hydrogen) atoms. The number of halogens is 1. The molecule has 124 valence electrons. The van der Waals surface area contributed by atoms with Gasteiger partial charge >= 0.3 is 0 Å². The maximum atomic E-state index is 6.56. The van der Waals surface area contributed by atoms with Gasteiger partial charge in [-0.1, -0.05) is 17.7 Å². The standard InChI is InChI=1S/C19H20ClN3S/c20-18-9-13(12-23-5-3-14(21)4-6-23)8-15-16(18)10-22-11-17(15)19-2-1-7-24-19/h1-2,7-11,14H,3-6,12,21H2. The Morgan fingerprint density at radius 3 is 2.79 bits per heavy atom. The number of likely N-dealkylation sites (tertiary alicyclic amines) is 1. The van der Waals surface area contributed by atoms with Crippen LogP contribution < -0.4 is 5.73 Å². The molecule has 0 amide bonds. The molecule has 3 nitrogen and oxygen atoms in total. The van der Waals surface area contributed by atoms with Gasteiger partial charge in [-0.3, -0.25) is 9.88 Å². The maximum absolute atomic E-state index is 6.56. The quantitative estimate of drug-likeness (QED) is 0.748. The normalized spacial score (nSPS) is 16.8. The van der Waals surface area contributed by atoms with Gasteiger partial charge < -0.3 is 5.73 Å². The van der Waals surface area contributed by atoms with Crippen LogP contribution in [0.3, 0.4) is 0 Å². The number of rotatable bonds is 3. The zero-order valence-electron chi connectivity index (χ0n) is 13.4. The number of nitrogens with zero attached hydrogens (tertiary/aromatic N) is 2. The zero-order valence-corrected chi connectivity index (χ0v) is 15.0. The molecule has 3 heterocycles. The van der Waals surface area contributed by atoms with Gasteiger partial charge in [-0.25, -0.2) is 0 Å².